The molecule has 0 spiro atoms. The number of anilines is 1. The SMILES string of the molecule is O=C(CCSc1nccc(C(F)(F)F)n1)Nc1ccc([N+](=O)[O-])cc1. The lowest BCUT2D eigenvalue weighted by atomic mass is 10.3. The Morgan fingerprint density at radius 3 is 2.52 bits per heavy atom. The van der Waals surface area contributed by atoms with E-state index in [2.05, 4.69) is 15.3 Å². The van der Waals surface area contributed by atoms with Gasteiger partial charge in [-0.2, -0.15) is 13.2 Å². The quantitative estimate of drug-likeness (QED) is 0.361. The zero-order valence-electron chi connectivity index (χ0n) is 12.5. The molecule has 0 radical (unpaired) electrons. The number of amides is 1. The van der Waals surface area contributed by atoms with Gasteiger partial charge in [-0.1, -0.05) is 11.8 Å². The summed E-state index contributed by atoms with van der Waals surface area (Å²) in [7, 11) is 0. The largest absolute Gasteiger partial charge is 0.433 e. The maximum Gasteiger partial charge on any atom is 0.433 e. The lowest BCUT2D eigenvalue weighted by Gasteiger charge is -2.07. The number of nitrogens with one attached hydrogen (secondary N) is 1. The van der Waals surface area contributed by atoms with Crippen LogP contribution in [0.5, 0.6) is 0 Å². The summed E-state index contributed by atoms with van der Waals surface area (Å²) >= 11 is 0.924. The topological polar surface area (TPSA) is 98.0 Å². The van der Waals surface area contributed by atoms with Crippen LogP contribution in [0.3, 0.4) is 0 Å². The van der Waals surface area contributed by atoms with Crippen molar-refractivity contribution in [2.45, 2.75) is 17.8 Å². The number of benzene rings is 1. The standard InChI is InChI=1S/C14H11F3N4O3S/c15-14(16,17)11-5-7-18-13(20-11)25-8-6-12(22)19-9-1-3-10(4-2-9)21(23)24/h1-5,7H,6,8H2,(H,19,22). The summed E-state index contributed by atoms with van der Waals surface area (Å²) in [6, 6.07) is 6.05. The first-order valence-corrected chi connectivity index (χ1v) is 7.81. The van der Waals surface area contributed by atoms with Crippen molar-refractivity contribution < 1.29 is 22.9 Å². The second kappa shape index (κ2) is 7.92. The number of rotatable bonds is 6. The maximum atomic E-state index is 12.5. The Kier molecular flexibility index (Phi) is 5.91. The third-order valence-corrected chi connectivity index (χ3v) is 3.71. The van der Waals surface area contributed by atoms with Gasteiger partial charge in [0.15, 0.2) is 5.16 Å². The van der Waals surface area contributed by atoms with Gasteiger partial charge in [0.05, 0.1) is 4.92 Å². The number of carbonyl (C=O) groups excluding carboxylic acids is 1. The predicted octanol–water partition coefficient (Wildman–Crippen LogP) is 3.52. The molecule has 1 amide bonds. The van der Waals surface area contributed by atoms with E-state index in [0.29, 0.717) is 5.69 Å². The fourth-order valence-electron chi connectivity index (χ4n) is 1.69. The Hall–Kier alpha value is -2.69. The van der Waals surface area contributed by atoms with Crippen LogP contribution >= 0.6 is 11.8 Å². The lowest BCUT2D eigenvalue weighted by molar-refractivity contribution is -0.384. The monoisotopic (exact) mass is 372 g/mol. The van der Waals surface area contributed by atoms with E-state index in [0.717, 1.165) is 24.0 Å². The van der Waals surface area contributed by atoms with E-state index in [4.69, 9.17) is 0 Å². The summed E-state index contributed by atoms with van der Waals surface area (Å²) in [6.45, 7) is 0. The van der Waals surface area contributed by atoms with E-state index in [-0.39, 0.29) is 28.9 Å². The van der Waals surface area contributed by atoms with Crippen LogP contribution in [-0.4, -0.2) is 26.6 Å². The predicted molar refractivity (Wildman–Crippen MR) is 84.1 cm³/mol. The first-order valence-electron chi connectivity index (χ1n) is 6.83. The minimum atomic E-state index is -4.55. The molecule has 1 heterocycles. The van der Waals surface area contributed by atoms with Crippen LogP contribution < -0.4 is 5.32 Å². The second-order valence-electron chi connectivity index (χ2n) is 4.67. The lowest BCUT2D eigenvalue weighted by Crippen LogP contribution is -2.12. The zero-order chi connectivity index (χ0) is 18.4. The molecule has 0 bridgehead atoms. The molecular weight excluding hydrogens is 361 g/mol. The van der Waals surface area contributed by atoms with E-state index in [1.54, 1.807) is 0 Å². The number of nitrogens with zero attached hydrogens (tertiary/aromatic N) is 3. The van der Waals surface area contributed by atoms with Gasteiger partial charge in [-0.25, -0.2) is 9.97 Å². The number of carbonyl (C=O) groups is 1. The van der Waals surface area contributed by atoms with Gasteiger partial charge >= 0.3 is 6.18 Å². The Morgan fingerprint density at radius 1 is 1.24 bits per heavy atom. The van der Waals surface area contributed by atoms with Crippen LogP contribution in [0.15, 0.2) is 41.7 Å². The van der Waals surface area contributed by atoms with E-state index in [1.807, 2.05) is 0 Å². The third kappa shape index (κ3) is 5.71. The highest BCUT2D eigenvalue weighted by Crippen LogP contribution is 2.28. The number of thioether (sulfide) groups is 1. The highest BCUT2D eigenvalue weighted by Gasteiger charge is 2.32. The van der Waals surface area contributed by atoms with Crippen molar-refractivity contribution in [1.29, 1.82) is 0 Å². The Bertz CT molecular complexity index is 769. The average Bonchev–Trinajstić information content (AvgIpc) is 2.55. The molecule has 0 aliphatic rings. The van der Waals surface area contributed by atoms with Gasteiger partial charge in [0, 0.05) is 36.2 Å². The van der Waals surface area contributed by atoms with E-state index in [1.165, 1.54) is 24.3 Å². The van der Waals surface area contributed by atoms with Crippen molar-refractivity contribution in [3.05, 3.63) is 52.3 Å². The molecule has 0 saturated carbocycles. The molecule has 0 aliphatic heterocycles. The molecule has 2 rings (SSSR count). The highest BCUT2D eigenvalue weighted by atomic mass is 32.2. The van der Waals surface area contributed by atoms with Crippen LogP contribution in [0.25, 0.3) is 0 Å². The summed E-state index contributed by atoms with van der Waals surface area (Å²) in [5.41, 5.74) is -0.758. The first-order chi connectivity index (χ1) is 11.8. The molecule has 11 heteroatoms. The Morgan fingerprint density at radius 2 is 1.92 bits per heavy atom. The van der Waals surface area contributed by atoms with Crippen molar-refractivity contribution in [3.63, 3.8) is 0 Å². The van der Waals surface area contributed by atoms with Gasteiger partial charge in [0.1, 0.15) is 5.69 Å². The molecule has 25 heavy (non-hydrogen) atoms. The molecule has 0 aliphatic carbocycles. The van der Waals surface area contributed by atoms with Gasteiger partial charge in [0.25, 0.3) is 5.69 Å². The van der Waals surface area contributed by atoms with Crippen LogP contribution in [0.2, 0.25) is 0 Å². The Labute approximate surface area is 143 Å². The average molecular weight is 372 g/mol. The van der Waals surface area contributed by atoms with E-state index < -0.39 is 16.8 Å². The molecule has 132 valence electrons. The molecule has 1 aromatic heterocycles. The zero-order valence-corrected chi connectivity index (χ0v) is 13.3. The van der Waals surface area contributed by atoms with Gasteiger partial charge in [-0.3, -0.25) is 14.9 Å². The van der Waals surface area contributed by atoms with Crippen molar-refractivity contribution in [3.8, 4) is 0 Å². The molecular formula is C14H11F3N4O3S. The smallest absolute Gasteiger partial charge is 0.326 e. The molecule has 1 N–H and O–H groups in total. The number of nitro benzene ring substituents is 1. The van der Waals surface area contributed by atoms with Gasteiger partial charge < -0.3 is 5.32 Å². The molecule has 2 aromatic rings. The highest BCUT2D eigenvalue weighted by molar-refractivity contribution is 7.99. The van der Waals surface area contributed by atoms with Crippen molar-refractivity contribution >= 4 is 29.0 Å². The molecule has 1 aromatic carbocycles. The van der Waals surface area contributed by atoms with E-state index >= 15 is 0 Å². The normalized spacial score (nSPS) is 11.2. The number of hydrogen-bond acceptors (Lipinski definition) is 6. The summed E-state index contributed by atoms with van der Waals surface area (Å²) in [5.74, 6) is -0.200. The molecule has 0 fully saturated rings. The van der Waals surface area contributed by atoms with Crippen LogP contribution in [0, 0.1) is 10.1 Å². The number of halogens is 3. The van der Waals surface area contributed by atoms with Crippen molar-refractivity contribution in [2.24, 2.45) is 0 Å². The van der Waals surface area contributed by atoms with E-state index in [9.17, 15) is 28.1 Å². The third-order valence-electron chi connectivity index (χ3n) is 2.85. The fourth-order valence-corrected chi connectivity index (χ4v) is 2.46. The molecule has 0 unspecified atom stereocenters. The van der Waals surface area contributed by atoms with Crippen LogP contribution in [-0.2, 0) is 11.0 Å². The summed E-state index contributed by atoms with van der Waals surface area (Å²) < 4.78 is 37.6. The first kappa shape index (κ1) is 18.6. The second-order valence-corrected chi connectivity index (χ2v) is 5.73. The summed E-state index contributed by atoms with van der Waals surface area (Å²) in [4.78, 5) is 28.8. The van der Waals surface area contributed by atoms with Crippen LogP contribution in [0.4, 0.5) is 24.5 Å². The molecule has 0 atom stereocenters. The minimum Gasteiger partial charge on any atom is -0.326 e. The molecule has 0 saturated heterocycles. The van der Waals surface area contributed by atoms with Gasteiger partial charge in [-0.05, 0) is 18.2 Å². The van der Waals surface area contributed by atoms with Gasteiger partial charge in [0.2, 0.25) is 5.91 Å². The van der Waals surface area contributed by atoms with Gasteiger partial charge in [-0.15, -0.1) is 0 Å². The summed E-state index contributed by atoms with van der Waals surface area (Å²) in [6.07, 6.45) is -3.53. The van der Waals surface area contributed by atoms with Crippen LogP contribution in [0.1, 0.15) is 12.1 Å². The summed E-state index contributed by atoms with van der Waals surface area (Å²) in [5, 5.41) is 13.0. The maximum absolute atomic E-state index is 12.5. The minimum absolute atomic E-state index is 0.0151. The van der Waals surface area contributed by atoms with Crippen molar-refractivity contribution in [1.82, 2.24) is 9.97 Å². The fraction of sp³-hybridized carbons (Fsp3) is 0.214. The number of nitro groups is 1. The number of non-ortho nitro benzene ring substituents is 1. The molecule has 7 nitrogen and oxygen atoms in total. The number of aromatic nitrogens is 2. The Balaban J connectivity index is 1.83. The number of hydrogen-bond donors (Lipinski definition) is 1. The number of alkyl halides is 3. The van der Waals surface area contributed by atoms with Crippen molar-refractivity contribution in [2.75, 3.05) is 11.1 Å².